The minimum absolute atomic E-state index is 0.494. The van der Waals surface area contributed by atoms with E-state index in [-0.39, 0.29) is 0 Å². The van der Waals surface area contributed by atoms with Gasteiger partial charge >= 0.3 is 0 Å². The van der Waals surface area contributed by atoms with Crippen molar-refractivity contribution in [3.8, 4) is 0 Å². The fraction of sp³-hybridized carbons (Fsp3) is 0.750. The van der Waals surface area contributed by atoms with E-state index in [0.29, 0.717) is 6.04 Å². The first kappa shape index (κ1) is 17.7. The summed E-state index contributed by atoms with van der Waals surface area (Å²) in [6.07, 6.45) is 4.84. The Morgan fingerprint density at radius 3 is 2.91 bits per heavy atom. The van der Waals surface area contributed by atoms with Crippen molar-refractivity contribution >= 4 is 5.96 Å². The van der Waals surface area contributed by atoms with Crippen molar-refractivity contribution < 1.29 is 0 Å². The normalized spacial score (nSPS) is 20.7. The molecule has 2 heterocycles. The predicted molar refractivity (Wildman–Crippen MR) is 94.7 cm³/mol. The molecular weight excluding hydrogens is 290 g/mol. The van der Waals surface area contributed by atoms with Crippen LogP contribution in [0.2, 0.25) is 0 Å². The molecule has 0 aliphatic carbocycles. The Bertz CT molecular complexity index is 457. The molecule has 130 valence electrons. The molecule has 0 saturated carbocycles. The molecule has 0 spiro atoms. The summed E-state index contributed by atoms with van der Waals surface area (Å²) in [5, 5.41) is 11.0. The maximum Gasteiger partial charge on any atom is 0.191 e. The number of guanidine groups is 1. The lowest BCUT2D eigenvalue weighted by atomic mass is 10.2. The van der Waals surface area contributed by atoms with E-state index < -0.39 is 0 Å². The molecule has 7 nitrogen and oxygen atoms in total. The van der Waals surface area contributed by atoms with E-state index in [4.69, 9.17) is 4.99 Å². The minimum atomic E-state index is 0.494. The van der Waals surface area contributed by atoms with Crippen molar-refractivity contribution in [2.24, 2.45) is 4.99 Å². The van der Waals surface area contributed by atoms with Crippen molar-refractivity contribution in [2.45, 2.75) is 25.9 Å². The van der Waals surface area contributed by atoms with Crippen molar-refractivity contribution in [1.29, 1.82) is 0 Å². The highest BCUT2D eigenvalue weighted by Crippen LogP contribution is 2.06. The highest BCUT2D eigenvalue weighted by atomic mass is 15.3. The summed E-state index contributed by atoms with van der Waals surface area (Å²) in [6, 6.07) is 2.45. The Hall–Kier alpha value is -1.60. The van der Waals surface area contributed by atoms with Crippen molar-refractivity contribution in [3.05, 3.63) is 18.5 Å². The molecule has 2 N–H and O–H groups in total. The van der Waals surface area contributed by atoms with Gasteiger partial charge in [-0.2, -0.15) is 5.10 Å². The first-order chi connectivity index (χ1) is 11.2. The average Bonchev–Trinajstić information content (AvgIpc) is 3.05. The number of rotatable bonds is 7. The second-order valence-corrected chi connectivity index (χ2v) is 6.17. The molecule has 1 aliphatic heterocycles. The van der Waals surface area contributed by atoms with Crippen LogP contribution in [-0.2, 0) is 6.54 Å². The summed E-state index contributed by atoms with van der Waals surface area (Å²) in [6.45, 7) is 8.97. The van der Waals surface area contributed by atoms with Gasteiger partial charge in [0.15, 0.2) is 5.96 Å². The molecule has 1 aliphatic rings. The van der Waals surface area contributed by atoms with Gasteiger partial charge in [-0.15, -0.1) is 0 Å². The first-order valence-electron chi connectivity index (χ1n) is 8.57. The zero-order chi connectivity index (χ0) is 16.5. The van der Waals surface area contributed by atoms with E-state index in [0.717, 1.165) is 58.2 Å². The molecular formula is C16H31N7. The SMILES string of the molecule is CCNC(=NCC1CN(C)CCN1C)NCCCn1cccn1. The molecule has 0 aromatic carbocycles. The summed E-state index contributed by atoms with van der Waals surface area (Å²) < 4.78 is 1.96. The largest absolute Gasteiger partial charge is 0.357 e. The van der Waals surface area contributed by atoms with Crippen LogP contribution in [0.15, 0.2) is 23.5 Å². The van der Waals surface area contributed by atoms with Crippen LogP contribution >= 0.6 is 0 Å². The third-order valence-corrected chi connectivity index (χ3v) is 4.20. The van der Waals surface area contributed by atoms with Crippen LogP contribution in [0.3, 0.4) is 0 Å². The molecule has 1 unspecified atom stereocenters. The maximum atomic E-state index is 4.76. The molecule has 1 fully saturated rings. The molecule has 0 bridgehead atoms. The third-order valence-electron chi connectivity index (χ3n) is 4.20. The number of nitrogens with zero attached hydrogens (tertiary/aromatic N) is 5. The predicted octanol–water partition coefficient (Wildman–Crippen LogP) is 0.0741. The zero-order valence-electron chi connectivity index (χ0n) is 14.7. The van der Waals surface area contributed by atoms with Crippen LogP contribution in [0, 0.1) is 0 Å². The van der Waals surface area contributed by atoms with Crippen molar-refractivity contribution in [2.75, 3.05) is 53.4 Å². The molecule has 7 heteroatoms. The maximum absolute atomic E-state index is 4.76. The van der Waals surface area contributed by atoms with E-state index in [1.54, 1.807) is 0 Å². The summed E-state index contributed by atoms with van der Waals surface area (Å²) >= 11 is 0. The number of aliphatic imine (C=N–C) groups is 1. The van der Waals surface area contributed by atoms with Crippen LogP contribution in [0.4, 0.5) is 0 Å². The number of piperazine rings is 1. The van der Waals surface area contributed by atoms with E-state index in [1.165, 1.54) is 0 Å². The third kappa shape index (κ3) is 6.19. The lowest BCUT2D eigenvalue weighted by molar-refractivity contribution is 0.119. The zero-order valence-corrected chi connectivity index (χ0v) is 14.7. The lowest BCUT2D eigenvalue weighted by Gasteiger charge is -2.36. The first-order valence-corrected chi connectivity index (χ1v) is 8.57. The number of hydrogen-bond acceptors (Lipinski definition) is 4. The van der Waals surface area contributed by atoms with Gasteiger partial charge in [0.1, 0.15) is 0 Å². The van der Waals surface area contributed by atoms with Gasteiger partial charge in [-0.05, 0) is 33.5 Å². The van der Waals surface area contributed by atoms with Crippen LogP contribution < -0.4 is 10.6 Å². The van der Waals surface area contributed by atoms with Crippen LogP contribution in [0.1, 0.15) is 13.3 Å². The van der Waals surface area contributed by atoms with Gasteiger partial charge in [0.05, 0.1) is 6.54 Å². The minimum Gasteiger partial charge on any atom is -0.357 e. The molecule has 1 saturated heterocycles. The Labute approximate surface area is 139 Å². The summed E-state index contributed by atoms with van der Waals surface area (Å²) in [4.78, 5) is 9.55. The molecule has 23 heavy (non-hydrogen) atoms. The van der Waals surface area contributed by atoms with Gasteiger partial charge in [0, 0.05) is 57.7 Å². The van der Waals surface area contributed by atoms with E-state index in [2.05, 4.69) is 46.6 Å². The van der Waals surface area contributed by atoms with Crippen LogP contribution in [0.25, 0.3) is 0 Å². The standard InChI is InChI=1S/C16H31N7/c1-4-17-16(18-7-5-9-23-10-6-8-20-23)19-13-15-14-21(2)11-12-22(15)3/h6,8,10,15H,4-5,7,9,11-14H2,1-3H3,(H2,17,18,19). The number of hydrogen-bond donors (Lipinski definition) is 2. The smallest absolute Gasteiger partial charge is 0.191 e. The number of aromatic nitrogens is 2. The number of aryl methyl sites for hydroxylation is 1. The molecule has 1 aromatic heterocycles. The second-order valence-electron chi connectivity index (χ2n) is 6.17. The second kappa shape index (κ2) is 9.52. The Balaban J connectivity index is 1.74. The lowest BCUT2D eigenvalue weighted by Crippen LogP contribution is -2.51. The summed E-state index contributed by atoms with van der Waals surface area (Å²) in [5.74, 6) is 0.912. The van der Waals surface area contributed by atoms with Gasteiger partial charge in [-0.3, -0.25) is 14.6 Å². The quantitative estimate of drug-likeness (QED) is 0.423. The van der Waals surface area contributed by atoms with Gasteiger partial charge in [0.2, 0.25) is 0 Å². The van der Waals surface area contributed by atoms with E-state index in [9.17, 15) is 0 Å². The van der Waals surface area contributed by atoms with Gasteiger partial charge in [-0.1, -0.05) is 0 Å². The topological polar surface area (TPSA) is 60.7 Å². The Morgan fingerprint density at radius 2 is 2.17 bits per heavy atom. The fourth-order valence-electron chi connectivity index (χ4n) is 2.72. The van der Waals surface area contributed by atoms with Gasteiger partial charge in [0.25, 0.3) is 0 Å². The van der Waals surface area contributed by atoms with E-state index >= 15 is 0 Å². The van der Waals surface area contributed by atoms with Crippen molar-refractivity contribution in [3.63, 3.8) is 0 Å². The van der Waals surface area contributed by atoms with Crippen molar-refractivity contribution in [1.82, 2.24) is 30.2 Å². The van der Waals surface area contributed by atoms with Gasteiger partial charge < -0.3 is 15.5 Å². The molecule has 0 amide bonds. The number of nitrogens with one attached hydrogen (secondary N) is 2. The molecule has 1 atom stereocenters. The highest BCUT2D eigenvalue weighted by molar-refractivity contribution is 5.79. The Morgan fingerprint density at radius 1 is 1.30 bits per heavy atom. The Kier molecular flexibility index (Phi) is 7.35. The average molecular weight is 321 g/mol. The monoisotopic (exact) mass is 321 g/mol. The highest BCUT2D eigenvalue weighted by Gasteiger charge is 2.21. The fourth-order valence-corrected chi connectivity index (χ4v) is 2.72. The molecule has 2 rings (SSSR count). The van der Waals surface area contributed by atoms with Crippen LogP contribution in [-0.4, -0.2) is 84.9 Å². The van der Waals surface area contributed by atoms with E-state index in [1.807, 2.05) is 23.1 Å². The van der Waals surface area contributed by atoms with Gasteiger partial charge in [-0.25, -0.2) is 0 Å². The molecule has 0 radical (unpaired) electrons. The summed E-state index contributed by atoms with van der Waals surface area (Å²) in [5.41, 5.74) is 0. The summed E-state index contributed by atoms with van der Waals surface area (Å²) in [7, 11) is 4.38. The van der Waals surface area contributed by atoms with Crippen LogP contribution in [0.5, 0.6) is 0 Å². The number of likely N-dealkylation sites (N-methyl/N-ethyl adjacent to an activating group) is 2. The molecule has 1 aromatic rings.